The van der Waals surface area contributed by atoms with Gasteiger partial charge in [0.15, 0.2) is 5.78 Å². The van der Waals surface area contributed by atoms with Crippen LogP contribution in [0.4, 0.5) is 5.69 Å². The first-order valence-electron chi connectivity index (χ1n) is 6.79. The van der Waals surface area contributed by atoms with E-state index in [1.165, 1.54) is 0 Å². The number of aryl methyl sites for hydroxylation is 1. The fraction of sp³-hybridized carbons (Fsp3) is 0.176. The zero-order chi connectivity index (χ0) is 15.0. The topological polar surface area (TPSA) is 46.2 Å². The highest BCUT2D eigenvalue weighted by Crippen LogP contribution is 2.26. The van der Waals surface area contributed by atoms with Crippen LogP contribution in [-0.2, 0) is 11.2 Å². The summed E-state index contributed by atoms with van der Waals surface area (Å²) in [6, 6.07) is 10.7. The Morgan fingerprint density at radius 2 is 2.00 bits per heavy atom. The summed E-state index contributed by atoms with van der Waals surface area (Å²) in [4.78, 5) is 24.0. The van der Waals surface area contributed by atoms with Gasteiger partial charge in [-0.25, -0.2) is 0 Å². The molecule has 2 aromatic carbocycles. The third-order valence-corrected chi connectivity index (χ3v) is 4.18. The van der Waals surface area contributed by atoms with Crippen LogP contribution < -0.4 is 5.32 Å². The normalized spacial score (nSPS) is 13.5. The van der Waals surface area contributed by atoms with Crippen molar-refractivity contribution in [2.45, 2.75) is 19.8 Å². The predicted molar refractivity (Wildman–Crippen MR) is 83.0 cm³/mol. The number of ketones is 1. The van der Waals surface area contributed by atoms with Gasteiger partial charge in [0, 0.05) is 28.3 Å². The fourth-order valence-electron chi connectivity index (χ4n) is 2.53. The summed E-state index contributed by atoms with van der Waals surface area (Å²) in [7, 11) is 0. The summed E-state index contributed by atoms with van der Waals surface area (Å²) in [5.41, 5.74) is 3.82. The largest absolute Gasteiger partial charge is 0.326 e. The van der Waals surface area contributed by atoms with Gasteiger partial charge in [-0.15, -0.1) is 0 Å². The molecule has 1 aliphatic rings. The minimum atomic E-state index is -0.0466. The lowest BCUT2D eigenvalue weighted by Crippen LogP contribution is -2.19. The number of halogens is 1. The number of hydrogen-bond acceptors (Lipinski definition) is 2. The second-order valence-corrected chi connectivity index (χ2v) is 5.57. The van der Waals surface area contributed by atoms with Crippen molar-refractivity contribution in [2.75, 3.05) is 5.32 Å². The van der Waals surface area contributed by atoms with Crippen molar-refractivity contribution >= 4 is 29.0 Å². The standard InChI is InChI=1S/C17H14ClNO2/c1-10-13(3-2-4-14(10)18)17(21)12-5-7-15-11(9-12)6-8-16(20)19-15/h2-5,7,9H,6,8H2,1H3,(H,19,20). The zero-order valence-corrected chi connectivity index (χ0v) is 12.3. The smallest absolute Gasteiger partial charge is 0.224 e. The number of fused-ring (bicyclic) bond motifs is 1. The van der Waals surface area contributed by atoms with E-state index in [1.807, 2.05) is 13.0 Å². The SMILES string of the molecule is Cc1c(Cl)cccc1C(=O)c1ccc2c(c1)CCC(=O)N2. The van der Waals surface area contributed by atoms with Crippen molar-refractivity contribution in [2.24, 2.45) is 0 Å². The maximum Gasteiger partial charge on any atom is 0.224 e. The molecule has 0 saturated heterocycles. The van der Waals surface area contributed by atoms with Gasteiger partial charge in [-0.3, -0.25) is 9.59 Å². The summed E-state index contributed by atoms with van der Waals surface area (Å²) in [6.45, 7) is 1.84. The number of benzene rings is 2. The van der Waals surface area contributed by atoms with E-state index in [-0.39, 0.29) is 11.7 Å². The number of rotatable bonds is 2. The van der Waals surface area contributed by atoms with Gasteiger partial charge in [-0.2, -0.15) is 0 Å². The van der Waals surface area contributed by atoms with Crippen molar-refractivity contribution in [3.05, 3.63) is 63.7 Å². The van der Waals surface area contributed by atoms with E-state index in [0.29, 0.717) is 29.0 Å². The van der Waals surface area contributed by atoms with Crippen molar-refractivity contribution in [1.82, 2.24) is 0 Å². The third-order valence-electron chi connectivity index (χ3n) is 3.78. The molecule has 0 unspecified atom stereocenters. The van der Waals surface area contributed by atoms with Crippen LogP contribution in [0.15, 0.2) is 36.4 Å². The quantitative estimate of drug-likeness (QED) is 0.858. The maximum atomic E-state index is 12.6. The summed E-state index contributed by atoms with van der Waals surface area (Å²) >= 11 is 6.08. The Hall–Kier alpha value is -2.13. The van der Waals surface area contributed by atoms with E-state index in [4.69, 9.17) is 11.6 Å². The highest BCUT2D eigenvalue weighted by atomic mass is 35.5. The molecule has 0 fully saturated rings. The van der Waals surface area contributed by atoms with Gasteiger partial charge in [-0.05, 0) is 48.7 Å². The molecule has 0 bridgehead atoms. The summed E-state index contributed by atoms with van der Waals surface area (Å²) in [5.74, 6) is -0.0260. The molecule has 3 nitrogen and oxygen atoms in total. The summed E-state index contributed by atoms with van der Waals surface area (Å²) in [6.07, 6.45) is 1.12. The molecule has 2 aromatic rings. The average molecular weight is 300 g/mol. The van der Waals surface area contributed by atoms with E-state index in [9.17, 15) is 9.59 Å². The van der Waals surface area contributed by atoms with Gasteiger partial charge in [0.2, 0.25) is 5.91 Å². The molecule has 0 aromatic heterocycles. The first-order valence-corrected chi connectivity index (χ1v) is 7.16. The average Bonchev–Trinajstić information content (AvgIpc) is 2.49. The molecule has 4 heteroatoms. The second-order valence-electron chi connectivity index (χ2n) is 5.16. The fourth-order valence-corrected chi connectivity index (χ4v) is 2.71. The Morgan fingerprint density at radius 1 is 1.19 bits per heavy atom. The first kappa shape index (κ1) is 13.8. The molecule has 21 heavy (non-hydrogen) atoms. The zero-order valence-electron chi connectivity index (χ0n) is 11.6. The Balaban J connectivity index is 1.99. The molecular formula is C17H14ClNO2. The molecule has 106 valence electrons. The lowest BCUT2D eigenvalue weighted by Gasteiger charge is -2.17. The monoisotopic (exact) mass is 299 g/mol. The van der Waals surface area contributed by atoms with Gasteiger partial charge < -0.3 is 5.32 Å². The van der Waals surface area contributed by atoms with Crippen LogP contribution in [0.2, 0.25) is 5.02 Å². The van der Waals surface area contributed by atoms with E-state index in [2.05, 4.69) is 5.32 Å². The van der Waals surface area contributed by atoms with Crippen molar-refractivity contribution in [1.29, 1.82) is 0 Å². The second kappa shape index (κ2) is 5.34. The van der Waals surface area contributed by atoms with Gasteiger partial charge in [-0.1, -0.05) is 23.7 Å². The van der Waals surface area contributed by atoms with Gasteiger partial charge in [0.1, 0.15) is 0 Å². The minimum absolute atomic E-state index is 0.0206. The van der Waals surface area contributed by atoms with Crippen molar-refractivity contribution in [3.63, 3.8) is 0 Å². The number of nitrogens with one attached hydrogen (secondary N) is 1. The molecule has 1 amide bonds. The van der Waals surface area contributed by atoms with Crippen LogP contribution in [0.3, 0.4) is 0 Å². The molecule has 3 rings (SSSR count). The molecule has 1 N–H and O–H groups in total. The van der Waals surface area contributed by atoms with Gasteiger partial charge in [0.25, 0.3) is 0 Å². The van der Waals surface area contributed by atoms with Crippen LogP contribution in [-0.4, -0.2) is 11.7 Å². The number of amides is 1. The Bertz CT molecular complexity index is 752. The Labute approximate surface area is 127 Å². The van der Waals surface area contributed by atoms with E-state index < -0.39 is 0 Å². The number of carbonyl (C=O) groups is 2. The maximum absolute atomic E-state index is 12.6. The third kappa shape index (κ3) is 2.57. The molecular weight excluding hydrogens is 286 g/mol. The van der Waals surface area contributed by atoms with Crippen LogP contribution in [0, 0.1) is 6.92 Å². The van der Waals surface area contributed by atoms with Crippen LogP contribution >= 0.6 is 11.6 Å². The van der Waals surface area contributed by atoms with Gasteiger partial charge in [0.05, 0.1) is 0 Å². The van der Waals surface area contributed by atoms with E-state index in [1.54, 1.807) is 30.3 Å². The number of carbonyl (C=O) groups excluding carboxylic acids is 2. The first-order chi connectivity index (χ1) is 10.1. The van der Waals surface area contributed by atoms with Crippen molar-refractivity contribution < 1.29 is 9.59 Å². The molecule has 0 spiro atoms. The van der Waals surface area contributed by atoms with E-state index >= 15 is 0 Å². The molecule has 0 aliphatic carbocycles. The molecule has 0 saturated carbocycles. The summed E-state index contributed by atoms with van der Waals surface area (Å²) < 4.78 is 0. The van der Waals surface area contributed by atoms with Gasteiger partial charge >= 0.3 is 0 Å². The molecule has 0 radical (unpaired) electrons. The molecule has 0 atom stereocenters. The molecule has 1 heterocycles. The van der Waals surface area contributed by atoms with Crippen molar-refractivity contribution in [3.8, 4) is 0 Å². The predicted octanol–water partition coefficient (Wildman–Crippen LogP) is 3.76. The summed E-state index contributed by atoms with van der Waals surface area (Å²) in [5, 5.41) is 3.40. The van der Waals surface area contributed by atoms with Crippen LogP contribution in [0.25, 0.3) is 0 Å². The Kier molecular flexibility index (Phi) is 3.52. The minimum Gasteiger partial charge on any atom is -0.326 e. The van der Waals surface area contributed by atoms with E-state index in [0.717, 1.165) is 16.8 Å². The Morgan fingerprint density at radius 3 is 2.81 bits per heavy atom. The highest BCUT2D eigenvalue weighted by Gasteiger charge is 2.18. The lowest BCUT2D eigenvalue weighted by atomic mass is 9.94. The highest BCUT2D eigenvalue weighted by molar-refractivity contribution is 6.32. The lowest BCUT2D eigenvalue weighted by molar-refractivity contribution is -0.116. The number of anilines is 1. The van der Waals surface area contributed by atoms with Crippen LogP contribution in [0.5, 0.6) is 0 Å². The number of hydrogen-bond donors (Lipinski definition) is 1. The molecule has 1 aliphatic heterocycles. The van der Waals surface area contributed by atoms with Crippen LogP contribution in [0.1, 0.15) is 33.5 Å².